The predicted molar refractivity (Wildman–Crippen MR) is 108 cm³/mol. The van der Waals surface area contributed by atoms with Crippen LogP contribution in [0, 0.1) is 13.8 Å². The molecule has 5 nitrogen and oxygen atoms in total. The van der Waals surface area contributed by atoms with E-state index in [1.807, 2.05) is 57.1 Å². The van der Waals surface area contributed by atoms with E-state index in [0.717, 1.165) is 11.1 Å². The molecular weight excluding hydrogens is 360 g/mol. The fourth-order valence-electron chi connectivity index (χ4n) is 2.78. The number of carbonyl (C=O) groups excluding carboxylic acids is 1. The van der Waals surface area contributed by atoms with Gasteiger partial charge in [-0.05, 0) is 45.6 Å². The number of amides is 1. The predicted octanol–water partition coefficient (Wildman–Crippen LogP) is 2.89. The Morgan fingerprint density at radius 3 is 2.00 bits per heavy atom. The number of nitrogens with zero attached hydrogens (tertiary/aromatic N) is 1. The van der Waals surface area contributed by atoms with Crippen LogP contribution >= 0.6 is 0 Å². The maximum Gasteiger partial charge on any atom is 0.221 e. The molecule has 0 aliphatic rings. The Labute approximate surface area is 162 Å². The average molecular weight is 389 g/mol. The molecule has 0 spiro atoms. The zero-order valence-corrected chi connectivity index (χ0v) is 17.2. The molecule has 1 N–H and O–H groups in total. The van der Waals surface area contributed by atoms with Crippen molar-refractivity contribution in [3.05, 3.63) is 65.2 Å². The number of benzene rings is 2. The highest BCUT2D eigenvalue weighted by Crippen LogP contribution is 2.18. The molecule has 0 saturated heterocycles. The van der Waals surface area contributed by atoms with Gasteiger partial charge in [0.1, 0.15) is 0 Å². The molecule has 2 aromatic rings. The van der Waals surface area contributed by atoms with Crippen LogP contribution in [0.25, 0.3) is 0 Å². The zero-order chi connectivity index (χ0) is 20.0. The van der Waals surface area contributed by atoms with Crippen LogP contribution in [0.5, 0.6) is 0 Å². The highest BCUT2D eigenvalue weighted by molar-refractivity contribution is 7.91. The summed E-state index contributed by atoms with van der Waals surface area (Å²) in [6.45, 7) is 4.36. The largest absolute Gasteiger partial charge is 0.354 e. The van der Waals surface area contributed by atoms with E-state index in [2.05, 4.69) is 5.32 Å². The Morgan fingerprint density at radius 1 is 0.963 bits per heavy atom. The zero-order valence-electron chi connectivity index (χ0n) is 16.4. The molecule has 2 rings (SSSR count). The summed E-state index contributed by atoms with van der Waals surface area (Å²) in [5, 5.41) is 2.87. The second-order valence-electron chi connectivity index (χ2n) is 7.08. The molecule has 0 aromatic heterocycles. The van der Waals surface area contributed by atoms with Crippen LogP contribution in [0.4, 0.5) is 0 Å². The molecule has 0 radical (unpaired) electrons. The third-order valence-corrected chi connectivity index (χ3v) is 6.29. The summed E-state index contributed by atoms with van der Waals surface area (Å²) in [6, 6.07) is 14.9. The smallest absolute Gasteiger partial charge is 0.221 e. The number of hydrogen-bond acceptors (Lipinski definition) is 4. The third-order valence-electron chi connectivity index (χ3n) is 4.56. The number of aryl methyl sites for hydroxylation is 2. The molecule has 0 fully saturated rings. The van der Waals surface area contributed by atoms with Gasteiger partial charge in [-0.2, -0.15) is 0 Å². The summed E-state index contributed by atoms with van der Waals surface area (Å²) >= 11 is 0. The lowest BCUT2D eigenvalue weighted by atomic mass is 10.0. The Kier molecular flexibility index (Phi) is 7.16. The van der Waals surface area contributed by atoms with Crippen LogP contribution in [0.15, 0.2) is 53.4 Å². The fourth-order valence-corrected chi connectivity index (χ4v) is 4.02. The first-order chi connectivity index (χ1) is 12.7. The summed E-state index contributed by atoms with van der Waals surface area (Å²) in [6.07, 6.45) is -0.0513. The van der Waals surface area contributed by atoms with Crippen molar-refractivity contribution in [2.24, 2.45) is 0 Å². The van der Waals surface area contributed by atoms with Crippen molar-refractivity contribution in [2.75, 3.05) is 26.4 Å². The molecule has 0 aliphatic heterocycles. The van der Waals surface area contributed by atoms with Gasteiger partial charge in [-0.1, -0.05) is 47.5 Å². The fraction of sp³-hybridized carbons (Fsp3) is 0.381. The van der Waals surface area contributed by atoms with Crippen molar-refractivity contribution in [1.29, 1.82) is 0 Å². The number of likely N-dealkylation sites (N-methyl/N-ethyl adjacent to an activating group) is 1. The van der Waals surface area contributed by atoms with Gasteiger partial charge >= 0.3 is 0 Å². The maximum atomic E-state index is 12.4. The highest BCUT2D eigenvalue weighted by Gasteiger charge is 2.18. The molecule has 1 amide bonds. The molecule has 0 saturated carbocycles. The van der Waals surface area contributed by atoms with Crippen LogP contribution in [-0.4, -0.2) is 45.6 Å². The molecule has 0 bridgehead atoms. The molecule has 1 atom stereocenters. The third kappa shape index (κ3) is 6.19. The van der Waals surface area contributed by atoms with E-state index in [9.17, 15) is 13.2 Å². The van der Waals surface area contributed by atoms with Gasteiger partial charge in [0.25, 0.3) is 0 Å². The average Bonchev–Trinajstić information content (AvgIpc) is 2.62. The van der Waals surface area contributed by atoms with Gasteiger partial charge in [0.15, 0.2) is 9.84 Å². The quantitative estimate of drug-likeness (QED) is 0.755. The lowest BCUT2D eigenvalue weighted by Crippen LogP contribution is -2.35. The summed E-state index contributed by atoms with van der Waals surface area (Å²) < 4.78 is 24.7. The lowest BCUT2D eigenvalue weighted by molar-refractivity contribution is -0.120. The van der Waals surface area contributed by atoms with Crippen LogP contribution in [0.3, 0.4) is 0 Å². The summed E-state index contributed by atoms with van der Waals surface area (Å²) in [7, 11) is 0.459. The molecule has 0 aliphatic carbocycles. The van der Waals surface area contributed by atoms with Crippen molar-refractivity contribution in [3.8, 4) is 0 Å². The first kappa shape index (κ1) is 21.1. The molecule has 146 valence electrons. The van der Waals surface area contributed by atoms with Crippen molar-refractivity contribution in [2.45, 2.75) is 31.2 Å². The van der Waals surface area contributed by atoms with Gasteiger partial charge in [-0.25, -0.2) is 8.42 Å². The molecule has 1 unspecified atom stereocenters. The Hall–Kier alpha value is -2.18. The number of sulfone groups is 1. The van der Waals surface area contributed by atoms with E-state index < -0.39 is 9.84 Å². The van der Waals surface area contributed by atoms with E-state index >= 15 is 0 Å². The minimum Gasteiger partial charge on any atom is -0.354 e. The van der Waals surface area contributed by atoms with E-state index in [-0.39, 0.29) is 29.0 Å². The molecule has 0 heterocycles. The lowest BCUT2D eigenvalue weighted by Gasteiger charge is -2.25. The van der Waals surface area contributed by atoms with Gasteiger partial charge in [0, 0.05) is 13.0 Å². The summed E-state index contributed by atoms with van der Waals surface area (Å²) in [5.41, 5.74) is 3.29. The van der Waals surface area contributed by atoms with Crippen LogP contribution < -0.4 is 5.32 Å². The number of carbonyl (C=O) groups is 1. The minimum absolute atomic E-state index is 0.0308. The second-order valence-corrected chi connectivity index (χ2v) is 9.19. The van der Waals surface area contributed by atoms with E-state index in [0.29, 0.717) is 6.54 Å². The topological polar surface area (TPSA) is 66.5 Å². The van der Waals surface area contributed by atoms with E-state index in [4.69, 9.17) is 0 Å². The van der Waals surface area contributed by atoms with Gasteiger partial charge in [-0.3, -0.25) is 4.79 Å². The van der Waals surface area contributed by atoms with Crippen molar-refractivity contribution in [3.63, 3.8) is 0 Å². The Bertz CT molecular complexity index is 857. The number of hydrogen-bond donors (Lipinski definition) is 1. The maximum absolute atomic E-state index is 12.4. The van der Waals surface area contributed by atoms with Gasteiger partial charge in [0.2, 0.25) is 5.91 Å². The standard InChI is InChI=1S/C21H28N2O3S/c1-16-5-9-18(10-6-16)20(23(3)4)15-22-21(24)13-14-27(25,26)19-11-7-17(2)8-12-19/h5-12,20H,13-15H2,1-4H3,(H,22,24). The molecular formula is C21H28N2O3S. The molecule has 2 aromatic carbocycles. The summed E-state index contributed by atoms with van der Waals surface area (Å²) in [5.74, 6) is -0.455. The van der Waals surface area contributed by atoms with E-state index in [1.54, 1.807) is 24.3 Å². The van der Waals surface area contributed by atoms with Crippen LogP contribution in [0.1, 0.15) is 29.2 Å². The van der Waals surface area contributed by atoms with E-state index in [1.165, 1.54) is 5.56 Å². The second kappa shape index (κ2) is 9.15. The van der Waals surface area contributed by atoms with Gasteiger partial charge < -0.3 is 10.2 Å². The molecule has 27 heavy (non-hydrogen) atoms. The van der Waals surface area contributed by atoms with Gasteiger partial charge in [0.05, 0.1) is 16.7 Å². The van der Waals surface area contributed by atoms with Gasteiger partial charge in [-0.15, -0.1) is 0 Å². The normalized spacial score (nSPS) is 12.8. The Balaban J connectivity index is 1.92. The van der Waals surface area contributed by atoms with Crippen molar-refractivity contribution < 1.29 is 13.2 Å². The molecule has 6 heteroatoms. The van der Waals surface area contributed by atoms with Crippen molar-refractivity contribution >= 4 is 15.7 Å². The Morgan fingerprint density at radius 2 is 1.48 bits per heavy atom. The number of nitrogens with one attached hydrogen (secondary N) is 1. The summed E-state index contributed by atoms with van der Waals surface area (Å²) in [4.78, 5) is 14.5. The SMILES string of the molecule is Cc1ccc(C(CNC(=O)CCS(=O)(=O)c2ccc(C)cc2)N(C)C)cc1. The van der Waals surface area contributed by atoms with Crippen LogP contribution in [0.2, 0.25) is 0 Å². The first-order valence-electron chi connectivity index (χ1n) is 8.98. The monoisotopic (exact) mass is 388 g/mol. The first-order valence-corrected chi connectivity index (χ1v) is 10.6. The minimum atomic E-state index is -3.46. The van der Waals surface area contributed by atoms with Crippen LogP contribution in [-0.2, 0) is 14.6 Å². The number of rotatable bonds is 8. The highest BCUT2D eigenvalue weighted by atomic mass is 32.2. The van der Waals surface area contributed by atoms with Crippen molar-refractivity contribution in [1.82, 2.24) is 10.2 Å².